The fourth-order valence-electron chi connectivity index (χ4n) is 2.95. The van der Waals surface area contributed by atoms with Crippen LogP contribution in [0, 0.1) is 0 Å². The second-order valence-corrected chi connectivity index (χ2v) is 6.25. The topological polar surface area (TPSA) is 96.3 Å². The summed E-state index contributed by atoms with van der Waals surface area (Å²) >= 11 is 0. The maximum atomic E-state index is 13.1. The van der Waals surface area contributed by atoms with Crippen molar-refractivity contribution in [3.05, 3.63) is 59.5 Å². The van der Waals surface area contributed by atoms with Crippen molar-refractivity contribution in [3.8, 4) is 22.6 Å². The van der Waals surface area contributed by atoms with Gasteiger partial charge in [0.25, 0.3) is 0 Å². The second-order valence-electron chi connectivity index (χ2n) is 6.25. The Hall–Kier alpha value is -3.49. The van der Waals surface area contributed by atoms with Crippen molar-refractivity contribution in [2.24, 2.45) is 0 Å². The molecule has 4 N–H and O–H groups in total. The second kappa shape index (κ2) is 7.86. The summed E-state index contributed by atoms with van der Waals surface area (Å²) in [6.07, 6.45) is -2.77. The summed E-state index contributed by atoms with van der Waals surface area (Å²) in [5, 5.41) is 0. The van der Waals surface area contributed by atoms with E-state index in [0.29, 0.717) is 29.2 Å². The van der Waals surface area contributed by atoms with Gasteiger partial charge in [0.15, 0.2) is 11.5 Å². The number of hydrogen-bond donors (Lipinski definition) is 2. The number of benzene rings is 1. The Labute approximate surface area is 165 Å². The predicted molar refractivity (Wildman–Crippen MR) is 104 cm³/mol. The highest BCUT2D eigenvalue weighted by Crippen LogP contribution is 2.35. The first-order valence-electron chi connectivity index (χ1n) is 8.52. The van der Waals surface area contributed by atoms with Crippen LogP contribution in [0.3, 0.4) is 0 Å². The number of nitrogens with two attached hydrogens (primary N) is 2. The number of alkyl halides is 3. The molecule has 0 saturated carbocycles. The highest BCUT2D eigenvalue weighted by atomic mass is 19.4. The number of anilines is 2. The molecule has 0 radical (unpaired) electrons. The minimum absolute atomic E-state index is 0.221. The molecule has 0 atom stereocenters. The number of halogens is 3. The number of pyridine rings is 2. The lowest BCUT2D eigenvalue weighted by Gasteiger charge is -2.14. The van der Waals surface area contributed by atoms with Crippen LogP contribution in [0.5, 0.6) is 11.5 Å². The molecular weight excluding hydrogens is 385 g/mol. The number of hydrogen-bond acceptors (Lipinski definition) is 6. The Morgan fingerprint density at radius 2 is 1.69 bits per heavy atom. The Bertz CT molecular complexity index is 1040. The van der Waals surface area contributed by atoms with Gasteiger partial charge in [-0.3, -0.25) is 4.98 Å². The summed E-state index contributed by atoms with van der Waals surface area (Å²) in [5.74, 6) is 0.891. The van der Waals surface area contributed by atoms with E-state index in [2.05, 4.69) is 9.97 Å². The number of nitrogens with zero attached hydrogens (tertiary/aromatic N) is 2. The molecule has 0 saturated heterocycles. The lowest BCUT2D eigenvalue weighted by Crippen LogP contribution is -2.10. The molecule has 0 fully saturated rings. The van der Waals surface area contributed by atoms with Crippen molar-refractivity contribution >= 4 is 11.5 Å². The van der Waals surface area contributed by atoms with Gasteiger partial charge in [0.05, 0.1) is 25.6 Å². The number of methoxy groups -OCH3 is 2. The van der Waals surface area contributed by atoms with Crippen LogP contribution in [-0.4, -0.2) is 24.2 Å². The third-order valence-corrected chi connectivity index (χ3v) is 4.34. The van der Waals surface area contributed by atoms with Gasteiger partial charge in [0.2, 0.25) is 0 Å². The van der Waals surface area contributed by atoms with Crippen LogP contribution < -0.4 is 20.9 Å². The normalized spacial score (nSPS) is 11.3. The van der Waals surface area contributed by atoms with Gasteiger partial charge >= 0.3 is 6.18 Å². The minimum Gasteiger partial charge on any atom is -0.493 e. The van der Waals surface area contributed by atoms with Crippen LogP contribution in [0.25, 0.3) is 11.1 Å². The van der Waals surface area contributed by atoms with Gasteiger partial charge in [0.1, 0.15) is 11.5 Å². The molecule has 2 heterocycles. The molecule has 1 aromatic carbocycles. The van der Waals surface area contributed by atoms with Gasteiger partial charge in [-0.25, -0.2) is 4.98 Å². The fraction of sp³-hybridized carbons (Fsp3) is 0.200. The third kappa shape index (κ3) is 4.34. The smallest absolute Gasteiger partial charge is 0.433 e. The highest BCUT2D eigenvalue weighted by Gasteiger charge is 2.33. The van der Waals surface area contributed by atoms with E-state index in [0.717, 1.165) is 11.6 Å². The molecule has 9 heteroatoms. The van der Waals surface area contributed by atoms with Crippen molar-refractivity contribution in [1.29, 1.82) is 0 Å². The van der Waals surface area contributed by atoms with Crippen molar-refractivity contribution in [3.63, 3.8) is 0 Å². The zero-order chi connectivity index (χ0) is 21.2. The molecule has 152 valence electrons. The van der Waals surface area contributed by atoms with E-state index in [1.807, 2.05) is 6.07 Å². The zero-order valence-electron chi connectivity index (χ0n) is 15.7. The SMILES string of the molecule is COc1ccc(Cc2nccc(-c3cc(N)nc(C(F)(F)F)c3)c2N)cc1OC. The van der Waals surface area contributed by atoms with Crippen LogP contribution in [0.2, 0.25) is 0 Å². The summed E-state index contributed by atoms with van der Waals surface area (Å²) in [5.41, 5.74) is 13.0. The first kappa shape index (κ1) is 20.2. The first-order chi connectivity index (χ1) is 13.7. The van der Waals surface area contributed by atoms with Gasteiger partial charge in [0, 0.05) is 18.2 Å². The molecule has 0 bridgehead atoms. The van der Waals surface area contributed by atoms with Crippen molar-refractivity contribution < 1.29 is 22.6 Å². The number of ether oxygens (including phenoxy) is 2. The molecule has 29 heavy (non-hydrogen) atoms. The Morgan fingerprint density at radius 1 is 0.966 bits per heavy atom. The molecule has 0 aliphatic carbocycles. The highest BCUT2D eigenvalue weighted by molar-refractivity contribution is 5.79. The molecule has 2 aromatic heterocycles. The molecule has 3 rings (SSSR count). The molecule has 0 spiro atoms. The van der Waals surface area contributed by atoms with Gasteiger partial charge in [-0.15, -0.1) is 0 Å². The largest absolute Gasteiger partial charge is 0.493 e. The van der Waals surface area contributed by atoms with Crippen LogP contribution in [0.4, 0.5) is 24.7 Å². The lowest BCUT2D eigenvalue weighted by molar-refractivity contribution is -0.141. The van der Waals surface area contributed by atoms with E-state index in [4.69, 9.17) is 20.9 Å². The van der Waals surface area contributed by atoms with Gasteiger partial charge in [-0.2, -0.15) is 13.2 Å². The van der Waals surface area contributed by atoms with E-state index in [1.54, 1.807) is 18.2 Å². The number of nitrogen functional groups attached to an aromatic ring is 2. The number of rotatable bonds is 5. The predicted octanol–water partition coefficient (Wildman–Crippen LogP) is 3.93. The first-order valence-corrected chi connectivity index (χ1v) is 8.52. The Balaban J connectivity index is 2.00. The van der Waals surface area contributed by atoms with Gasteiger partial charge in [-0.05, 0) is 41.5 Å². The number of aromatic nitrogens is 2. The van der Waals surface area contributed by atoms with E-state index in [-0.39, 0.29) is 17.1 Å². The van der Waals surface area contributed by atoms with Crippen LogP contribution in [0.1, 0.15) is 17.0 Å². The van der Waals surface area contributed by atoms with Crippen molar-refractivity contribution in [1.82, 2.24) is 9.97 Å². The van der Waals surface area contributed by atoms with E-state index in [1.165, 1.54) is 26.5 Å². The summed E-state index contributed by atoms with van der Waals surface area (Å²) in [7, 11) is 3.07. The zero-order valence-corrected chi connectivity index (χ0v) is 15.7. The fourth-order valence-corrected chi connectivity index (χ4v) is 2.95. The summed E-state index contributed by atoms with van der Waals surface area (Å²) in [6.45, 7) is 0. The molecular formula is C20H19F3N4O2. The van der Waals surface area contributed by atoms with Gasteiger partial charge < -0.3 is 20.9 Å². The van der Waals surface area contributed by atoms with E-state index in [9.17, 15) is 13.2 Å². The summed E-state index contributed by atoms with van der Waals surface area (Å²) in [4.78, 5) is 7.64. The molecule has 0 aliphatic rings. The standard InChI is InChI=1S/C20H19F3N4O2/c1-28-15-4-3-11(8-16(15)29-2)7-14-19(25)13(5-6-26-14)12-9-17(20(21,22)23)27-18(24)10-12/h3-6,8-10H,7,25H2,1-2H3,(H2,24,27). The van der Waals surface area contributed by atoms with Crippen LogP contribution >= 0.6 is 0 Å². The van der Waals surface area contributed by atoms with Crippen LogP contribution in [0.15, 0.2) is 42.6 Å². The maximum Gasteiger partial charge on any atom is 0.433 e. The maximum absolute atomic E-state index is 13.1. The minimum atomic E-state index is -4.62. The molecule has 0 aliphatic heterocycles. The molecule has 3 aromatic rings. The molecule has 0 amide bonds. The van der Waals surface area contributed by atoms with E-state index >= 15 is 0 Å². The van der Waals surface area contributed by atoms with Crippen LogP contribution in [-0.2, 0) is 12.6 Å². The lowest BCUT2D eigenvalue weighted by atomic mass is 10.0. The average Bonchev–Trinajstić information content (AvgIpc) is 2.68. The summed E-state index contributed by atoms with van der Waals surface area (Å²) in [6, 6.07) is 9.19. The van der Waals surface area contributed by atoms with Gasteiger partial charge in [-0.1, -0.05) is 6.07 Å². The quantitative estimate of drug-likeness (QED) is 0.669. The third-order valence-electron chi connectivity index (χ3n) is 4.34. The Morgan fingerprint density at radius 3 is 2.34 bits per heavy atom. The monoisotopic (exact) mass is 404 g/mol. The average molecular weight is 404 g/mol. The molecule has 0 unspecified atom stereocenters. The van der Waals surface area contributed by atoms with Crippen molar-refractivity contribution in [2.45, 2.75) is 12.6 Å². The Kier molecular flexibility index (Phi) is 5.49. The molecule has 6 nitrogen and oxygen atoms in total. The van der Waals surface area contributed by atoms with Crippen molar-refractivity contribution in [2.75, 3.05) is 25.7 Å². The summed E-state index contributed by atoms with van der Waals surface area (Å²) < 4.78 is 49.8. The van der Waals surface area contributed by atoms with E-state index < -0.39 is 11.9 Å².